The summed E-state index contributed by atoms with van der Waals surface area (Å²) in [6.45, 7) is 3.72. The van der Waals surface area contributed by atoms with Crippen molar-refractivity contribution in [2.75, 3.05) is 42.6 Å². The minimum absolute atomic E-state index is 0.0901. The number of guanidine groups is 1. The van der Waals surface area contributed by atoms with E-state index in [1.807, 2.05) is 16.7 Å². The molecule has 1 heterocycles. The van der Waals surface area contributed by atoms with Gasteiger partial charge in [0.1, 0.15) is 0 Å². The van der Waals surface area contributed by atoms with Gasteiger partial charge in [-0.25, -0.2) is 8.42 Å². The van der Waals surface area contributed by atoms with E-state index in [0.29, 0.717) is 5.96 Å². The van der Waals surface area contributed by atoms with Crippen LogP contribution in [0.5, 0.6) is 0 Å². The van der Waals surface area contributed by atoms with Crippen molar-refractivity contribution in [3.05, 3.63) is 0 Å². The second kappa shape index (κ2) is 6.34. The Morgan fingerprint density at radius 2 is 2.06 bits per heavy atom. The monoisotopic (exact) mass is 265 g/mol. The number of thioether (sulfide) groups is 1. The van der Waals surface area contributed by atoms with Crippen molar-refractivity contribution in [3.63, 3.8) is 0 Å². The molecule has 7 heteroatoms. The Morgan fingerprint density at radius 1 is 1.44 bits per heavy atom. The molecule has 0 aromatic heterocycles. The van der Waals surface area contributed by atoms with Crippen LogP contribution in [0.2, 0.25) is 0 Å². The van der Waals surface area contributed by atoms with E-state index in [1.165, 1.54) is 0 Å². The summed E-state index contributed by atoms with van der Waals surface area (Å²) in [6, 6.07) is 0. The van der Waals surface area contributed by atoms with E-state index in [4.69, 9.17) is 5.73 Å². The molecule has 1 fully saturated rings. The fraction of sp³-hybridized carbons (Fsp3) is 0.889. The Kier molecular flexibility index (Phi) is 5.40. The molecule has 0 aromatic carbocycles. The van der Waals surface area contributed by atoms with Gasteiger partial charge in [-0.3, -0.25) is 4.99 Å². The molecule has 16 heavy (non-hydrogen) atoms. The standard InChI is InChI=1S/C9H19N3O2S2/c1-2-16(13,14)8-3-11-9(10)12-4-6-15-7-5-12/h2-8H2,1H3,(H2,10,11). The summed E-state index contributed by atoms with van der Waals surface area (Å²) in [5, 5.41) is 0. The summed E-state index contributed by atoms with van der Waals surface area (Å²) >= 11 is 1.90. The number of nitrogens with zero attached hydrogens (tertiary/aromatic N) is 2. The summed E-state index contributed by atoms with van der Waals surface area (Å²) in [5.74, 6) is 2.86. The summed E-state index contributed by atoms with van der Waals surface area (Å²) < 4.78 is 22.5. The quantitative estimate of drug-likeness (QED) is 0.562. The molecular weight excluding hydrogens is 246 g/mol. The van der Waals surface area contributed by atoms with Crippen molar-refractivity contribution in [1.82, 2.24) is 4.90 Å². The lowest BCUT2D eigenvalue weighted by molar-refractivity contribution is 0.456. The topological polar surface area (TPSA) is 75.8 Å². The Morgan fingerprint density at radius 3 is 2.62 bits per heavy atom. The van der Waals surface area contributed by atoms with Crippen LogP contribution in [-0.4, -0.2) is 61.9 Å². The zero-order valence-electron chi connectivity index (χ0n) is 9.55. The van der Waals surface area contributed by atoms with Crippen LogP contribution >= 0.6 is 11.8 Å². The molecule has 0 aliphatic carbocycles. The SMILES string of the molecule is CCS(=O)(=O)CCN=C(N)N1CCSCC1. The number of hydrogen-bond donors (Lipinski definition) is 1. The summed E-state index contributed by atoms with van der Waals surface area (Å²) in [4.78, 5) is 6.12. The molecule has 0 saturated carbocycles. The molecule has 1 saturated heterocycles. The normalized spacial score (nSPS) is 18.8. The molecule has 1 aliphatic rings. The van der Waals surface area contributed by atoms with E-state index in [-0.39, 0.29) is 18.1 Å². The van der Waals surface area contributed by atoms with Crippen LogP contribution in [0.3, 0.4) is 0 Å². The fourth-order valence-corrected chi connectivity index (χ4v) is 2.90. The van der Waals surface area contributed by atoms with Gasteiger partial charge >= 0.3 is 0 Å². The zero-order chi connectivity index (χ0) is 12.0. The Labute approximate surface area is 101 Å². The second-order valence-corrected chi connectivity index (χ2v) is 7.27. The van der Waals surface area contributed by atoms with Gasteiger partial charge < -0.3 is 10.6 Å². The number of aliphatic imine (C=N–C) groups is 1. The van der Waals surface area contributed by atoms with Gasteiger partial charge in [-0.05, 0) is 0 Å². The van der Waals surface area contributed by atoms with E-state index in [1.54, 1.807) is 6.92 Å². The number of hydrogen-bond acceptors (Lipinski definition) is 4. The summed E-state index contributed by atoms with van der Waals surface area (Å²) in [6.07, 6.45) is 0. The van der Waals surface area contributed by atoms with E-state index in [9.17, 15) is 8.42 Å². The fourth-order valence-electron chi connectivity index (χ4n) is 1.34. The predicted molar refractivity (Wildman–Crippen MR) is 69.7 cm³/mol. The molecule has 1 aliphatic heterocycles. The predicted octanol–water partition coefficient (Wildman–Crippen LogP) is -0.215. The van der Waals surface area contributed by atoms with Gasteiger partial charge in [-0.15, -0.1) is 0 Å². The molecule has 0 atom stereocenters. The van der Waals surface area contributed by atoms with Crippen molar-refractivity contribution < 1.29 is 8.42 Å². The molecular formula is C9H19N3O2S2. The van der Waals surface area contributed by atoms with E-state index >= 15 is 0 Å². The number of rotatable bonds is 4. The molecule has 94 valence electrons. The van der Waals surface area contributed by atoms with Crippen molar-refractivity contribution in [1.29, 1.82) is 0 Å². The molecule has 2 N–H and O–H groups in total. The van der Waals surface area contributed by atoms with Crippen LogP contribution in [0.1, 0.15) is 6.92 Å². The smallest absolute Gasteiger partial charge is 0.191 e. The highest BCUT2D eigenvalue weighted by Gasteiger charge is 2.12. The van der Waals surface area contributed by atoms with Gasteiger partial charge in [-0.1, -0.05) is 6.92 Å². The Hall–Kier alpha value is -0.430. The molecule has 0 spiro atoms. The first kappa shape index (κ1) is 13.6. The third kappa shape index (κ3) is 4.61. The van der Waals surface area contributed by atoms with E-state index in [2.05, 4.69) is 4.99 Å². The van der Waals surface area contributed by atoms with Gasteiger partial charge in [0.25, 0.3) is 0 Å². The average molecular weight is 265 g/mol. The first-order chi connectivity index (χ1) is 7.55. The third-order valence-electron chi connectivity index (χ3n) is 2.45. The molecule has 0 aromatic rings. The summed E-state index contributed by atoms with van der Waals surface area (Å²) in [7, 11) is -2.93. The van der Waals surface area contributed by atoms with Gasteiger partial charge in [-0.2, -0.15) is 11.8 Å². The van der Waals surface area contributed by atoms with Crippen molar-refractivity contribution in [2.24, 2.45) is 10.7 Å². The van der Waals surface area contributed by atoms with Gasteiger partial charge in [0.15, 0.2) is 15.8 Å². The van der Waals surface area contributed by atoms with Crippen molar-refractivity contribution in [3.8, 4) is 0 Å². The first-order valence-electron chi connectivity index (χ1n) is 5.38. The molecule has 0 unspecified atom stereocenters. The third-order valence-corrected chi connectivity index (χ3v) is 5.08. The highest BCUT2D eigenvalue weighted by atomic mass is 32.2. The average Bonchev–Trinajstić information content (AvgIpc) is 2.30. The molecule has 1 rings (SSSR count). The minimum atomic E-state index is -2.93. The van der Waals surface area contributed by atoms with Crippen LogP contribution in [0.4, 0.5) is 0 Å². The molecule has 0 amide bonds. The van der Waals surface area contributed by atoms with Crippen LogP contribution < -0.4 is 5.73 Å². The van der Waals surface area contributed by atoms with E-state index < -0.39 is 9.84 Å². The van der Waals surface area contributed by atoms with Crippen LogP contribution in [-0.2, 0) is 9.84 Å². The lowest BCUT2D eigenvalue weighted by Crippen LogP contribution is -2.42. The van der Waals surface area contributed by atoms with Crippen LogP contribution in [0, 0.1) is 0 Å². The summed E-state index contributed by atoms with van der Waals surface area (Å²) in [5.41, 5.74) is 5.79. The Balaban J connectivity index is 2.38. The molecule has 0 bridgehead atoms. The lowest BCUT2D eigenvalue weighted by Gasteiger charge is -2.27. The maximum Gasteiger partial charge on any atom is 0.191 e. The highest BCUT2D eigenvalue weighted by molar-refractivity contribution is 7.99. The first-order valence-corrected chi connectivity index (χ1v) is 8.36. The van der Waals surface area contributed by atoms with Crippen LogP contribution in [0.15, 0.2) is 4.99 Å². The van der Waals surface area contributed by atoms with Gasteiger partial charge in [0.2, 0.25) is 0 Å². The lowest BCUT2D eigenvalue weighted by atomic mass is 10.5. The van der Waals surface area contributed by atoms with Crippen molar-refractivity contribution in [2.45, 2.75) is 6.92 Å². The maximum absolute atomic E-state index is 11.2. The second-order valence-electron chi connectivity index (χ2n) is 3.58. The largest absolute Gasteiger partial charge is 0.370 e. The van der Waals surface area contributed by atoms with Gasteiger partial charge in [0.05, 0.1) is 12.3 Å². The van der Waals surface area contributed by atoms with E-state index in [0.717, 1.165) is 24.6 Å². The van der Waals surface area contributed by atoms with Crippen molar-refractivity contribution >= 4 is 27.6 Å². The highest BCUT2D eigenvalue weighted by Crippen LogP contribution is 2.08. The Bertz CT molecular complexity index is 335. The zero-order valence-corrected chi connectivity index (χ0v) is 11.2. The van der Waals surface area contributed by atoms with Gasteiger partial charge in [0, 0.05) is 30.3 Å². The molecule has 5 nitrogen and oxygen atoms in total. The minimum Gasteiger partial charge on any atom is -0.370 e. The maximum atomic E-state index is 11.2. The van der Waals surface area contributed by atoms with Crippen LogP contribution in [0.25, 0.3) is 0 Å². The molecule has 0 radical (unpaired) electrons. The number of sulfone groups is 1. The number of nitrogens with two attached hydrogens (primary N) is 1.